The number of carbonyl (C=O) groups is 1. The molecule has 0 radical (unpaired) electrons. The van der Waals surface area contributed by atoms with Crippen LogP contribution in [-0.2, 0) is 17.2 Å². The molecule has 0 saturated heterocycles. The predicted molar refractivity (Wildman–Crippen MR) is 82.1 cm³/mol. The molecule has 0 aliphatic rings. The lowest BCUT2D eigenvalue weighted by Gasteiger charge is -2.24. The predicted octanol–water partition coefficient (Wildman–Crippen LogP) is 3.20. The number of para-hydroxylation sites is 1. The highest BCUT2D eigenvalue weighted by molar-refractivity contribution is 6.35. The van der Waals surface area contributed by atoms with Crippen LogP contribution >= 0.6 is 23.2 Å². The van der Waals surface area contributed by atoms with Crippen LogP contribution in [-0.4, -0.2) is 22.5 Å². The van der Waals surface area contributed by atoms with Crippen molar-refractivity contribution in [2.75, 3.05) is 7.05 Å². The summed E-state index contributed by atoms with van der Waals surface area (Å²) in [4.78, 5) is 16.4. The van der Waals surface area contributed by atoms with Crippen molar-refractivity contribution < 1.29 is 4.79 Å². The van der Waals surface area contributed by atoms with Gasteiger partial charge in [-0.25, -0.2) is 4.98 Å². The number of imidazole rings is 1. The molecule has 0 saturated carbocycles. The summed E-state index contributed by atoms with van der Waals surface area (Å²) in [6.45, 7) is 4.23. The molecule has 20 heavy (non-hydrogen) atoms. The van der Waals surface area contributed by atoms with Crippen LogP contribution in [0.1, 0.15) is 19.7 Å². The second-order valence-electron chi connectivity index (χ2n) is 5.32. The van der Waals surface area contributed by atoms with Gasteiger partial charge < -0.3 is 9.88 Å². The van der Waals surface area contributed by atoms with Crippen molar-refractivity contribution in [1.29, 1.82) is 0 Å². The molecule has 0 bridgehead atoms. The van der Waals surface area contributed by atoms with Crippen LogP contribution < -0.4 is 5.32 Å². The number of halogens is 2. The summed E-state index contributed by atoms with van der Waals surface area (Å²) in [6, 6.07) is 5.55. The van der Waals surface area contributed by atoms with E-state index in [1.807, 2.05) is 36.6 Å². The third kappa shape index (κ3) is 2.63. The molecule has 0 aliphatic carbocycles. The van der Waals surface area contributed by atoms with Gasteiger partial charge in [0.1, 0.15) is 5.82 Å². The molecular weight excluding hydrogens is 297 g/mol. The van der Waals surface area contributed by atoms with Crippen LogP contribution in [0, 0.1) is 5.41 Å². The Morgan fingerprint density at radius 3 is 2.75 bits per heavy atom. The van der Waals surface area contributed by atoms with Crippen LogP contribution in [0.25, 0.3) is 11.0 Å². The van der Waals surface area contributed by atoms with E-state index in [-0.39, 0.29) is 11.8 Å². The number of amides is 1. The standard InChI is InChI=1S/C14H17Cl2N3O/c1-14(2,13(20)17-3)8-19-11(7-15)18-10-6-4-5-9(16)12(10)19/h4-6H,7-8H2,1-3H3,(H,17,20). The van der Waals surface area contributed by atoms with Gasteiger partial charge in [-0.2, -0.15) is 0 Å². The molecule has 0 atom stereocenters. The largest absolute Gasteiger partial charge is 0.359 e. The second-order valence-corrected chi connectivity index (χ2v) is 5.99. The Morgan fingerprint density at radius 1 is 1.45 bits per heavy atom. The van der Waals surface area contributed by atoms with Gasteiger partial charge in [-0.05, 0) is 26.0 Å². The topological polar surface area (TPSA) is 46.9 Å². The van der Waals surface area contributed by atoms with E-state index < -0.39 is 5.41 Å². The quantitative estimate of drug-likeness (QED) is 0.881. The first-order chi connectivity index (χ1) is 9.40. The van der Waals surface area contributed by atoms with Crippen molar-refractivity contribution in [3.05, 3.63) is 29.0 Å². The number of nitrogens with one attached hydrogen (secondary N) is 1. The fourth-order valence-electron chi connectivity index (χ4n) is 2.27. The van der Waals surface area contributed by atoms with E-state index in [2.05, 4.69) is 10.3 Å². The van der Waals surface area contributed by atoms with Gasteiger partial charge in [0.25, 0.3) is 0 Å². The van der Waals surface area contributed by atoms with E-state index in [0.29, 0.717) is 17.4 Å². The molecule has 1 aromatic heterocycles. The van der Waals surface area contributed by atoms with Crippen LogP contribution in [0.5, 0.6) is 0 Å². The van der Waals surface area contributed by atoms with E-state index in [0.717, 1.165) is 11.0 Å². The molecule has 0 aliphatic heterocycles. The van der Waals surface area contributed by atoms with E-state index in [1.54, 1.807) is 7.05 Å². The summed E-state index contributed by atoms with van der Waals surface area (Å²) in [7, 11) is 1.63. The summed E-state index contributed by atoms with van der Waals surface area (Å²) < 4.78 is 1.93. The van der Waals surface area contributed by atoms with Gasteiger partial charge in [0, 0.05) is 13.6 Å². The molecule has 2 aromatic rings. The maximum Gasteiger partial charge on any atom is 0.227 e. The van der Waals surface area contributed by atoms with Crippen LogP contribution in [0.2, 0.25) is 5.02 Å². The van der Waals surface area contributed by atoms with Crippen molar-refractivity contribution in [3.8, 4) is 0 Å². The minimum absolute atomic E-state index is 0.0353. The van der Waals surface area contributed by atoms with Gasteiger partial charge in [-0.1, -0.05) is 17.7 Å². The molecule has 4 nitrogen and oxygen atoms in total. The summed E-state index contributed by atoms with van der Waals surface area (Å²) >= 11 is 12.2. The highest BCUT2D eigenvalue weighted by Gasteiger charge is 2.29. The lowest BCUT2D eigenvalue weighted by molar-refractivity contribution is -0.129. The third-order valence-corrected chi connectivity index (χ3v) is 3.86. The zero-order valence-electron chi connectivity index (χ0n) is 11.7. The zero-order chi connectivity index (χ0) is 14.9. The number of carbonyl (C=O) groups excluding carboxylic acids is 1. The number of hydrogen-bond donors (Lipinski definition) is 1. The van der Waals surface area contributed by atoms with Gasteiger partial charge in [0.05, 0.1) is 27.4 Å². The minimum Gasteiger partial charge on any atom is -0.359 e. The average molecular weight is 314 g/mol. The maximum absolute atomic E-state index is 12.0. The number of fused-ring (bicyclic) bond motifs is 1. The van der Waals surface area contributed by atoms with Crippen molar-refractivity contribution in [2.45, 2.75) is 26.3 Å². The van der Waals surface area contributed by atoms with Gasteiger partial charge in [0.15, 0.2) is 0 Å². The van der Waals surface area contributed by atoms with Crippen molar-refractivity contribution in [2.24, 2.45) is 5.41 Å². The smallest absolute Gasteiger partial charge is 0.227 e. The van der Waals surface area contributed by atoms with Gasteiger partial charge in [-0.3, -0.25) is 4.79 Å². The van der Waals surface area contributed by atoms with Crippen molar-refractivity contribution >= 4 is 40.1 Å². The van der Waals surface area contributed by atoms with E-state index in [9.17, 15) is 4.79 Å². The highest BCUT2D eigenvalue weighted by atomic mass is 35.5. The molecule has 0 fully saturated rings. The minimum atomic E-state index is -0.581. The Bertz CT molecular complexity index is 649. The molecule has 0 unspecified atom stereocenters. The van der Waals surface area contributed by atoms with Crippen molar-refractivity contribution in [1.82, 2.24) is 14.9 Å². The van der Waals surface area contributed by atoms with E-state index in [1.165, 1.54) is 0 Å². The summed E-state index contributed by atoms with van der Waals surface area (Å²) in [5, 5.41) is 3.29. The van der Waals surface area contributed by atoms with Gasteiger partial charge >= 0.3 is 0 Å². The lowest BCUT2D eigenvalue weighted by atomic mass is 9.92. The number of aromatic nitrogens is 2. The van der Waals surface area contributed by atoms with Gasteiger partial charge in [0.2, 0.25) is 5.91 Å². The Hall–Kier alpha value is -1.26. The lowest BCUT2D eigenvalue weighted by Crippen LogP contribution is -2.38. The molecule has 1 aromatic carbocycles. The Balaban J connectivity index is 2.55. The molecule has 1 heterocycles. The first kappa shape index (κ1) is 15.1. The van der Waals surface area contributed by atoms with Crippen LogP contribution in [0.3, 0.4) is 0 Å². The zero-order valence-corrected chi connectivity index (χ0v) is 13.2. The number of rotatable bonds is 4. The Morgan fingerprint density at radius 2 is 2.15 bits per heavy atom. The molecule has 2 rings (SSSR count). The summed E-state index contributed by atoms with van der Waals surface area (Å²) in [5.41, 5.74) is 1.03. The first-order valence-corrected chi connectivity index (χ1v) is 7.23. The van der Waals surface area contributed by atoms with Crippen LogP contribution in [0.15, 0.2) is 18.2 Å². The number of alkyl halides is 1. The third-order valence-electron chi connectivity index (χ3n) is 3.31. The fourth-order valence-corrected chi connectivity index (χ4v) is 2.74. The maximum atomic E-state index is 12.0. The molecule has 1 N–H and O–H groups in total. The van der Waals surface area contributed by atoms with E-state index >= 15 is 0 Å². The molecule has 1 amide bonds. The number of hydrogen-bond acceptors (Lipinski definition) is 2. The molecule has 0 spiro atoms. The van der Waals surface area contributed by atoms with Crippen molar-refractivity contribution in [3.63, 3.8) is 0 Å². The molecule has 6 heteroatoms. The Kier molecular flexibility index (Phi) is 4.25. The SMILES string of the molecule is CNC(=O)C(C)(C)Cn1c(CCl)nc2cccc(Cl)c21. The second kappa shape index (κ2) is 5.62. The summed E-state index contributed by atoms with van der Waals surface area (Å²) in [6.07, 6.45) is 0. The number of benzene rings is 1. The van der Waals surface area contributed by atoms with E-state index in [4.69, 9.17) is 23.2 Å². The highest BCUT2D eigenvalue weighted by Crippen LogP contribution is 2.29. The molecular formula is C14H17Cl2N3O. The summed E-state index contributed by atoms with van der Waals surface area (Å²) in [5.74, 6) is 0.952. The average Bonchev–Trinajstić information content (AvgIpc) is 2.76. The monoisotopic (exact) mass is 313 g/mol. The van der Waals surface area contributed by atoms with Crippen LogP contribution in [0.4, 0.5) is 0 Å². The van der Waals surface area contributed by atoms with Gasteiger partial charge in [-0.15, -0.1) is 11.6 Å². The normalized spacial score (nSPS) is 11.8. The molecule has 108 valence electrons. The first-order valence-electron chi connectivity index (χ1n) is 6.32. The Labute approximate surface area is 128 Å². The fraction of sp³-hybridized carbons (Fsp3) is 0.429. The number of nitrogens with zero attached hydrogens (tertiary/aromatic N) is 2.